The van der Waals surface area contributed by atoms with Gasteiger partial charge in [0.05, 0.1) is 5.92 Å². The van der Waals surface area contributed by atoms with E-state index in [9.17, 15) is 4.79 Å². The van der Waals surface area contributed by atoms with Crippen LogP contribution >= 0.6 is 0 Å². The number of aliphatic carboxylic acids is 1. The van der Waals surface area contributed by atoms with E-state index in [1.54, 1.807) is 0 Å². The second-order valence-corrected chi connectivity index (χ2v) is 2.59. The second kappa shape index (κ2) is 8.37. The molecular formula is C8H18O2Sn. The minimum absolute atomic E-state index is 0. The molecule has 0 amide bonds. The molecule has 0 fully saturated rings. The van der Waals surface area contributed by atoms with Crippen LogP contribution in [0.1, 0.15) is 39.5 Å². The van der Waals surface area contributed by atoms with E-state index in [4.69, 9.17) is 5.11 Å². The summed E-state index contributed by atoms with van der Waals surface area (Å²) in [6.45, 7) is 4.00. The minimum atomic E-state index is -0.643. The normalized spacial score (nSPS) is 11.8. The number of carboxylic acids is 1. The quantitative estimate of drug-likeness (QED) is 0.762. The van der Waals surface area contributed by atoms with E-state index in [-0.39, 0.29) is 29.8 Å². The Bertz CT molecular complexity index is 104. The fourth-order valence-corrected chi connectivity index (χ4v) is 0.953. The maximum absolute atomic E-state index is 10.4. The van der Waals surface area contributed by atoms with E-state index in [2.05, 4.69) is 6.92 Å². The van der Waals surface area contributed by atoms with Gasteiger partial charge in [0.1, 0.15) is 0 Å². The average Bonchev–Trinajstić information content (AvgIpc) is 1.89. The number of rotatable bonds is 5. The third kappa shape index (κ3) is 6.66. The molecule has 0 aromatic rings. The van der Waals surface area contributed by atoms with Gasteiger partial charge < -0.3 is 5.11 Å². The second-order valence-electron chi connectivity index (χ2n) is 2.59. The summed E-state index contributed by atoms with van der Waals surface area (Å²) in [6.07, 6.45) is 3.71. The number of hydrogen-bond acceptors (Lipinski definition) is 1. The molecule has 1 unspecified atom stereocenters. The summed E-state index contributed by atoms with van der Waals surface area (Å²) in [5.74, 6) is -0.754. The van der Waals surface area contributed by atoms with Gasteiger partial charge in [0, 0.05) is 0 Å². The van der Waals surface area contributed by atoms with E-state index in [1.165, 1.54) is 0 Å². The van der Waals surface area contributed by atoms with E-state index in [1.807, 2.05) is 6.92 Å². The van der Waals surface area contributed by atoms with Crippen LogP contribution in [0.4, 0.5) is 0 Å². The van der Waals surface area contributed by atoms with Crippen LogP contribution in [-0.2, 0) is 4.79 Å². The van der Waals surface area contributed by atoms with Crippen LogP contribution in [0.15, 0.2) is 0 Å². The molecular weight excluding hydrogens is 247 g/mol. The molecule has 0 aromatic carbocycles. The van der Waals surface area contributed by atoms with Crippen molar-refractivity contribution in [2.45, 2.75) is 39.5 Å². The fourth-order valence-electron chi connectivity index (χ4n) is 0.953. The first kappa shape index (κ1) is 13.8. The molecule has 1 atom stereocenters. The van der Waals surface area contributed by atoms with Gasteiger partial charge in [0.15, 0.2) is 0 Å². The molecule has 0 heterocycles. The molecule has 0 saturated carbocycles. The summed E-state index contributed by atoms with van der Waals surface area (Å²) < 4.78 is 0. The topological polar surface area (TPSA) is 37.3 Å². The molecule has 0 aliphatic rings. The van der Waals surface area contributed by atoms with Crippen molar-refractivity contribution >= 4 is 29.9 Å². The van der Waals surface area contributed by atoms with Gasteiger partial charge in [-0.05, 0) is 12.8 Å². The standard InChI is InChI=1S/C8H16O2.Sn.2H/c1-3-5-6-7(4-2)8(9)10;;;/h7H,3-6H2,1-2H3,(H,9,10);;;. The molecule has 1 N–H and O–H groups in total. The average molecular weight is 265 g/mol. The van der Waals surface area contributed by atoms with Gasteiger partial charge in [-0.3, -0.25) is 4.79 Å². The zero-order valence-electron chi connectivity index (χ0n) is 7.47. The van der Waals surface area contributed by atoms with Crippen molar-refractivity contribution in [1.82, 2.24) is 0 Å². The molecule has 11 heavy (non-hydrogen) atoms. The van der Waals surface area contributed by atoms with Gasteiger partial charge in [0.25, 0.3) is 0 Å². The molecule has 0 spiro atoms. The van der Waals surface area contributed by atoms with Crippen LogP contribution in [0.3, 0.4) is 0 Å². The molecule has 0 rings (SSSR count). The molecule has 2 radical (unpaired) electrons. The van der Waals surface area contributed by atoms with Crippen molar-refractivity contribution < 1.29 is 9.90 Å². The van der Waals surface area contributed by atoms with Crippen LogP contribution in [0.25, 0.3) is 0 Å². The summed E-state index contributed by atoms with van der Waals surface area (Å²) in [5.41, 5.74) is 0. The molecule has 0 aromatic heterocycles. The van der Waals surface area contributed by atoms with Crippen molar-refractivity contribution in [3.8, 4) is 0 Å². The van der Waals surface area contributed by atoms with Crippen molar-refractivity contribution in [2.24, 2.45) is 5.92 Å². The first-order valence-corrected chi connectivity index (χ1v) is 3.95. The first-order chi connectivity index (χ1) is 4.72. The summed E-state index contributed by atoms with van der Waals surface area (Å²) in [4.78, 5) is 10.4. The van der Waals surface area contributed by atoms with E-state index in [0.29, 0.717) is 0 Å². The van der Waals surface area contributed by atoms with Gasteiger partial charge >= 0.3 is 29.9 Å². The molecule has 3 heteroatoms. The van der Waals surface area contributed by atoms with Gasteiger partial charge in [-0.15, -0.1) is 0 Å². The Morgan fingerprint density at radius 2 is 2.00 bits per heavy atom. The predicted molar refractivity (Wildman–Crippen MR) is 49.5 cm³/mol. The summed E-state index contributed by atoms with van der Waals surface area (Å²) in [7, 11) is 0. The van der Waals surface area contributed by atoms with Crippen molar-refractivity contribution in [3.63, 3.8) is 0 Å². The number of hydrogen-bond donors (Lipinski definition) is 1. The first-order valence-electron chi connectivity index (χ1n) is 3.95. The molecule has 0 aliphatic heterocycles. The Morgan fingerprint density at radius 1 is 1.45 bits per heavy atom. The summed E-state index contributed by atoms with van der Waals surface area (Å²) >= 11 is 0. The number of unbranched alkanes of at least 4 members (excludes halogenated alkanes) is 1. The van der Waals surface area contributed by atoms with Crippen LogP contribution in [-0.4, -0.2) is 35.0 Å². The predicted octanol–water partition coefficient (Wildman–Crippen LogP) is 1.37. The van der Waals surface area contributed by atoms with Crippen molar-refractivity contribution in [2.75, 3.05) is 0 Å². The molecule has 66 valence electrons. The van der Waals surface area contributed by atoms with Gasteiger partial charge in [0.2, 0.25) is 0 Å². The third-order valence-corrected chi connectivity index (χ3v) is 1.75. The fraction of sp³-hybridized carbons (Fsp3) is 0.875. The zero-order valence-corrected chi connectivity index (χ0v) is 11.5. The maximum atomic E-state index is 10.4. The Kier molecular flexibility index (Phi) is 10.5. The summed E-state index contributed by atoms with van der Waals surface area (Å²) in [6, 6.07) is 0. The van der Waals surface area contributed by atoms with Crippen LogP contribution in [0.2, 0.25) is 0 Å². The summed E-state index contributed by atoms with van der Waals surface area (Å²) in [5, 5.41) is 8.60. The Hall–Kier alpha value is 0.269. The number of carbonyl (C=O) groups is 1. The van der Waals surface area contributed by atoms with E-state index in [0.717, 1.165) is 25.7 Å². The van der Waals surface area contributed by atoms with E-state index < -0.39 is 5.97 Å². The van der Waals surface area contributed by atoms with Crippen molar-refractivity contribution in [1.29, 1.82) is 0 Å². The molecule has 2 nitrogen and oxygen atoms in total. The molecule has 0 aliphatic carbocycles. The number of carboxylic acid groups (broad SMARTS) is 1. The van der Waals surface area contributed by atoms with Crippen molar-refractivity contribution in [3.05, 3.63) is 0 Å². The molecule has 0 saturated heterocycles. The molecule has 0 bridgehead atoms. The van der Waals surface area contributed by atoms with E-state index >= 15 is 0 Å². The van der Waals surface area contributed by atoms with Gasteiger partial charge in [-0.25, -0.2) is 0 Å². The third-order valence-electron chi connectivity index (χ3n) is 1.75. The Balaban J connectivity index is 0. The van der Waals surface area contributed by atoms with Crippen LogP contribution < -0.4 is 0 Å². The monoisotopic (exact) mass is 266 g/mol. The van der Waals surface area contributed by atoms with Crippen LogP contribution in [0.5, 0.6) is 0 Å². The van der Waals surface area contributed by atoms with Crippen LogP contribution in [0, 0.1) is 5.92 Å². The Morgan fingerprint density at radius 3 is 2.27 bits per heavy atom. The van der Waals surface area contributed by atoms with Gasteiger partial charge in [-0.2, -0.15) is 0 Å². The SMILES string of the molecule is CCCCC(CC)C(=O)O.[SnH2]. The Labute approximate surface area is 85.3 Å². The van der Waals surface area contributed by atoms with Gasteiger partial charge in [-0.1, -0.05) is 26.7 Å². The zero-order chi connectivity index (χ0) is 7.98.